The first-order valence-electron chi connectivity index (χ1n) is 4.99. The van der Waals surface area contributed by atoms with Crippen LogP contribution in [0.1, 0.15) is 40.0 Å². The molecule has 1 aliphatic rings. The van der Waals surface area contributed by atoms with E-state index in [-0.39, 0.29) is 11.2 Å². The molecular weight excluding hydrogens is 164 g/mol. The average molecular weight is 182 g/mol. The van der Waals surface area contributed by atoms with E-state index in [9.17, 15) is 9.59 Å². The molecule has 0 aliphatic heterocycles. The van der Waals surface area contributed by atoms with E-state index in [1.165, 1.54) is 0 Å². The lowest BCUT2D eigenvalue weighted by atomic mass is 9.72. The minimum atomic E-state index is -0.365. The number of ketones is 1. The number of aldehydes is 1. The summed E-state index contributed by atoms with van der Waals surface area (Å²) in [5.74, 6) is 1.17. The van der Waals surface area contributed by atoms with Crippen LogP contribution in [-0.2, 0) is 9.59 Å². The summed E-state index contributed by atoms with van der Waals surface area (Å²) < 4.78 is 0. The fraction of sp³-hybridized carbons (Fsp3) is 0.818. The molecule has 0 aromatic rings. The van der Waals surface area contributed by atoms with Gasteiger partial charge in [-0.05, 0) is 18.3 Å². The highest BCUT2D eigenvalue weighted by Gasteiger charge is 2.46. The molecule has 0 spiro atoms. The van der Waals surface area contributed by atoms with Gasteiger partial charge < -0.3 is 4.79 Å². The van der Waals surface area contributed by atoms with Gasteiger partial charge in [0.05, 0.1) is 0 Å². The number of hydrogen-bond donors (Lipinski definition) is 0. The highest BCUT2D eigenvalue weighted by molar-refractivity contribution is 5.88. The summed E-state index contributed by atoms with van der Waals surface area (Å²) in [6.45, 7) is 6.21. The van der Waals surface area contributed by atoms with Gasteiger partial charge in [-0.15, -0.1) is 0 Å². The predicted octanol–water partition coefficient (Wildman–Crippen LogP) is 2.22. The molecule has 0 amide bonds. The molecule has 1 fully saturated rings. The van der Waals surface area contributed by atoms with E-state index in [4.69, 9.17) is 0 Å². The Hall–Kier alpha value is -0.660. The van der Waals surface area contributed by atoms with Crippen molar-refractivity contribution in [3.63, 3.8) is 0 Å². The van der Waals surface area contributed by atoms with Crippen LogP contribution in [0.25, 0.3) is 0 Å². The Kier molecular flexibility index (Phi) is 2.89. The Morgan fingerprint density at radius 3 is 2.69 bits per heavy atom. The Balaban J connectivity index is 2.87. The predicted molar refractivity (Wildman–Crippen MR) is 51.4 cm³/mol. The van der Waals surface area contributed by atoms with Gasteiger partial charge in [0, 0.05) is 18.3 Å². The minimum Gasteiger partial charge on any atom is -0.303 e. The maximum absolute atomic E-state index is 11.6. The zero-order chi connectivity index (χ0) is 10.1. The molecule has 1 aliphatic carbocycles. The molecule has 2 unspecified atom stereocenters. The maximum atomic E-state index is 11.6. The normalized spacial score (nSPS) is 34.2. The minimum absolute atomic E-state index is 0.276. The largest absolute Gasteiger partial charge is 0.303 e. The van der Waals surface area contributed by atoms with E-state index < -0.39 is 0 Å². The zero-order valence-corrected chi connectivity index (χ0v) is 8.67. The molecule has 0 aromatic heterocycles. The average Bonchev–Trinajstić information content (AvgIpc) is 2.29. The number of Topliss-reactive ketones (excluding diaryl/α,β-unsaturated/α-hetero) is 1. The second-order valence-corrected chi connectivity index (χ2v) is 4.60. The third-order valence-corrected chi connectivity index (χ3v) is 3.45. The summed E-state index contributed by atoms with van der Waals surface area (Å²) in [7, 11) is 0. The van der Waals surface area contributed by atoms with Gasteiger partial charge in [-0.2, -0.15) is 0 Å². The molecule has 1 rings (SSSR count). The van der Waals surface area contributed by atoms with Gasteiger partial charge in [-0.25, -0.2) is 0 Å². The highest BCUT2D eigenvalue weighted by atomic mass is 16.1. The van der Waals surface area contributed by atoms with Gasteiger partial charge in [0.1, 0.15) is 12.1 Å². The molecule has 0 aromatic carbocycles. The first kappa shape index (κ1) is 10.4. The summed E-state index contributed by atoms with van der Waals surface area (Å²) in [5.41, 5.74) is -0.365. The summed E-state index contributed by atoms with van der Waals surface area (Å²) in [6, 6.07) is 0. The molecule has 74 valence electrons. The zero-order valence-electron chi connectivity index (χ0n) is 8.67. The third-order valence-electron chi connectivity index (χ3n) is 3.45. The van der Waals surface area contributed by atoms with Crippen molar-refractivity contribution in [1.82, 2.24) is 0 Å². The molecule has 2 heteroatoms. The number of rotatable bonds is 3. The van der Waals surface area contributed by atoms with Crippen molar-refractivity contribution < 1.29 is 9.59 Å². The van der Waals surface area contributed by atoms with Gasteiger partial charge in [0.25, 0.3) is 0 Å². The maximum Gasteiger partial charge on any atom is 0.139 e. The molecule has 0 radical (unpaired) electrons. The lowest BCUT2D eigenvalue weighted by Crippen LogP contribution is -2.32. The molecule has 2 nitrogen and oxygen atoms in total. The van der Waals surface area contributed by atoms with Crippen LogP contribution in [-0.4, -0.2) is 12.1 Å². The van der Waals surface area contributed by atoms with E-state index in [1.54, 1.807) is 0 Å². The van der Waals surface area contributed by atoms with E-state index in [1.807, 2.05) is 6.92 Å². The molecule has 0 bridgehead atoms. The van der Waals surface area contributed by atoms with Crippen LogP contribution < -0.4 is 0 Å². The molecule has 0 heterocycles. The van der Waals surface area contributed by atoms with E-state index in [0.29, 0.717) is 24.7 Å². The number of hydrogen-bond acceptors (Lipinski definition) is 2. The number of carbonyl (C=O) groups excluding carboxylic acids is 2. The Morgan fingerprint density at radius 2 is 2.23 bits per heavy atom. The second-order valence-electron chi connectivity index (χ2n) is 4.60. The Labute approximate surface area is 79.7 Å². The van der Waals surface area contributed by atoms with Gasteiger partial charge in [0.15, 0.2) is 0 Å². The second kappa shape index (κ2) is 3.60. The van der Waals surface area contributed by atoms with Gasteiger partial charge in [-0.3, -0.25) is 4.79 Å². The first-order valence-corrected chi connectivity index (χ1v) is 4.99. The van der Waals surface area contributed by atoms with E-state index in [2.05, 4.69) is 13.8 Å². The Bertz CT molecular complexity index is 220. The summed E-state index contributed by atoms with van der Waals surface area (Å²) in [5, 5.41) is 0. The van der Waals surface area contributed by atoms with Crippen molar-refractivity contribution in [3.8, 4) is 0 Å². The van der Waals surface area contributed by atoms with E-state index >= 15 is 0 Å². The van der Waals surface area contributed by atoms with Crippen LogP contribution in [0.4, 0.5) is 0 Å². The summed E-state index contributed by atoms with van der Waals surface area (Å²) in [6.07, 6.45) is 2.90. The topological polar surface area (TPSA) is 34.1 Å². The molecule has 13 heavy (non-hydrogen) atoms. The molecule has 0 N–H and O–H groups in total. The van der Waals surface area contributed by atoms with Crippen LogP contribution in [0.15, 0.2) is 0 Å². The van der Waals surface area contributed by atoms with Crippen molar-refractivity contribution in [1.29, 1.82) is 0 Å². The van der Waals surface area contributed by atoms with Crippen LogP contribution in [0.2, 0.25) is 0 Å². The third kappa shape index (κ3) is 1.67. The monoisotopic (exact) mass is 182 g/mol. The fourth-order valence-electron chi connectivity index (χ4n) is 2.60. The molecular formula is C11H18O2. The smallest absolute Gasteiger partial charge is 0.139 e. The lowest BCUT2D eigenvalue weighted by molar-refractivity contribution is -0.129. The van der Waals surface area contributed by atoms with Crippen molar-refractivity contribution in [3.05, 3.63) is 0 Å². The van der Waals surface area contributed by atoms with Crippen LogP contribution in [0, 0.1) is 17.3 Å². The quantitative estimate of drug-likeness (QED) is 0.627. The lowest BCUT2D eigenvalue weighted by Gasteiger charge is -2.30. The van der Waals surface area contributed by atoms with Crippen LogP contribution in [0.5, 0.6) is 0 Å². The highest BCUT2D eigenvalue weighted by Crippen LogP contribution is 2.46. The van der Waals surface area contributed by atoms with Crippen molar-refractivity contribution in [2.75, 3.05) is 0 Å². The van der Waals surface area contributed by atoms with Crippen molar-refractivity contribution in [2.24, 2.45) is 17.3 Å². The number of carbonyl (C=O) groups is 2. The standard InChI is InChI=1S/C11H18O2/c1-8(2)9-4-5-10(13)11(9,3)6-7-12/h7-9H,4-6H2,1-3H3. The van der Waals surface area contributed by atoms with E-state index in [0.717, 1.165) is 12.7 Å². The SMILES string of the molecule is CC(C)C1CCC(=O)C1(C)CC=O. The van der Waals surface area contributed by atoms with Gasteiger partial charge >= 0.3 is 0 Å². The first-order chi connectivity index (χ1) is 6.02. The van der Waals surface area contributed by atoms with Crippen molar-refractivity contribution >= 4 is 12.1 Å². The molecule has 1 saturated carbocycles. The van der Waals surface area contributed by atoms with Crippen molar-refractivity contribution in [2.45, 2.75) is 40.0 Å². The van der Waals surface area contributed by atoms with Gasteiger partial charge in [-0.1, -0.05) is 20.8 Å². The van der Waals surface area contributed by atoms with Crippen LogP contribution >= 0.6 is 0 Å². The van der Waals surface area contributed by atoms with Gasteiger partial charge in [0.2, 0.25) is 0 Å². The van der Waals surface area contributed by atoms with Crippen LogP contribution in [0.3, 0.4) is 0 Å². The fourth-order valence-corrected chi connectivity index (χ4v) is 2.60. The summed E-state index contributed by atoms with van der Waals surface area (Å²) >= 11 is 0. The summed E-state index contributed by atoms with van der Waals surface area (Å²) in [4.78, 5) is 22.2. The molecule has 0 saturated heterocycles. The molecule has 2 atom stereocenters. The Morgan fingerprint density at radius 1 is 1.62 bits per heavy atom.